The molecule has 23 heavy (non-hydrogen) atoms. The van der Waals surface area contributed by atoms with Crippen LogP contribution in [-0.2, 0) is 13.0 Å². The Morgan fingerprint density at radius 3 is 2.74 bits per heavy atom. The van der Waals surface area contributed by atoms with E-state index in [2.05, 4.69) is 14.9 Å². The summed E-state index contributed by atoms with van der Waals surface area (Å²) >= 11 is 12.1. The van der Waals surface area contributed by atoms with Crippen LogP contribution in [0.1, 0.15) is 41.5 Å². The van der Waals surface area contributed by atoms with Crippen LogP contribution in [0.2, 0.25) is 10.0 Å². The summed E-state index contributed by atoms with van der Waals surface area (Å²) in [6.07, 6.45) is 5.24. The molecule has 1 aromatic heterocycles. The Morgan fingerprint density at radius 1 is 1.26 bits per heavy atom. The SMILES string of the molecule is Cc1ncc2c(n1)C[C@@H]1CC[C@H]2N1Cc1cc(Cl)c(O)c(Cl)c1. The van der Waals surface area contributed by atoms with Crippen LogP contribution in [0.5, 0.6) is 5.75 Å². The summed E-state index contributed by atoms with van der Waals surface area (Å²) in [6.45, 7) is 2.71. The lowest BCUT2D eigenvalue weighted by atomic mass is 9.98. The van der Waals surface area contributed by atoms with Crippen LogP contribution in [0.3, 0.4) is 0 Å². The van der Waals surface area contributed by atoms with Gasteiger partial charge in [0.2, 0.25) is 0 Å². The molecule has 1 fully saturated rings. The van der Waals surface area contributed by atoms with E-state index in [-0.39, 0.29) is 5.75 Å². The Balaban J connectivity index is 1.65. The van der Waals surface area contributed by atoms with E-state index in [9.17, 15) is 5.11 Å². The highest BCUT2D eigenvalue weighted by Gasteiger charge is 2.40. The normalized spacial score (nSPS) is 23.1. The quantitative estimate of drug-likeness (QED) is 0.887. The first-order valence-electron chi connectivity index (χ1n) is 7.78. The number of nitrogens with zero attached hydrogens (tertiary/aromatic N) is 3. The van der Waals surface area contributed by atoms with Gasteiger partial charge in [0.05, 0.1) is 15.7 Å². The number of fused-ring (bicyclic) bond motifs is 4. The smallest absolute Gasteiger partial charge is 0.152 e. The minimum Gasteiger partial charge on any atom is -0.505 e. The predicted molar refractivity (Wildman–Crippen MR) is 89.9 cm³/mol. The number of phenolic OH excluding ortho intramolecular Hbond substituents is 1. The monoisotopic (exact) mass is 349 g/mol. The van der Waals surface area contributed by atoms with E-state index in [0.717, 1.165) is 30.8 Å². The average Bonchev–Trinajstić information content (AvgIpc) is 2.78. The molecule has 0 saturated carbocycles. The third-order valence-electron chi connectivity index (χ3n) is 4.89. The predicted octanol–water partition coefficient (Wildman–Crippen LogP) is 4.06. The number of phenols is 1. The van der Waals surface area contributed by atoms with Gasteiger partial charge in [0.1, 0.15) is 5.82 Å². The Kier molecular flexibility index (Phi) is 3.71. The van der Waals surface area contributed by atoms with Gasteiger partial charge >= 0.3 is 0 Å². The van der Waals surface area contributed by atoms with Crippen molar-refractivity contribution in [1.82, 2.24) is 14.9 Å². The summed E-state index contributed by atoms with van der Waals surface area (Å²) in [6, 6.07) is 4.44. The molecule has 4 nitrogen and oxygen atoms in total. The van der Waals surface area contributed by atoms with Crippen LogP contribution in [0.15, 0.2) is 18.3 Å². The van der Waals surface area contributed by atoms with Gasteiger partial charge in [0.15, 0.2) is 5.75 Å². The standard InChI is InChI=1S/C17H17Cl2N3O/c1-9-20-7-12-15(21-9)6-11-2-3-16(12)22(11)8-10-4-13(18)17(23)14(19)5-10/h4-5,7,11,16,23H,2-3,6,8H2,1H3/t11-,16+/m0/s1. The van der Waals surface area contributed by atoms with Crippen LogP contribution < -0.4 is 0 Å². The summed E-state index contributed by atoms with van der Waals surface area (Å²) in [4.78, 5) is 11.5. The molecule has 1 N–H and O–H groups in total. The van der Waals surface area contributed by atoms with E-state index in [0.29, 0.717) is 22.1 Å². The molecule has 2 bridgehead atoms. The molecule has 2 aliphatic rings. The molecule has 2 aromatic rings. The van der Waals surface area contributed by atoms with E-state index in [1.54, 1.807) is 12.1 Å². The number of aryl methyl sites for hydroxylation is 1. The number of halogens is 2. The van der Waals surface area contributed by atoms with E-state index in [4.69, 9.17) is 23.2 Å². The second kappa shape index (κ2) is 5.62. The maximum atomic E-state index is 9.72. The summed E-state index contributed by atoms with van der Waals surface area (Å²) in [7, 11) is 0. The molecule has 2 aliphatic heterocycles. The number of hydrogen-bond donors (Lipinski definition) is 1. The van der Waals surface area contributed by atoms with Gasteiger partial charge in [-0.25, -0.2) is 9.97 Å². The lowest BCUT2D eigenvalue weighted by Gasteiger charge is -2.35. The molecule has 0 aliphatic carbocycles. The zero-order valence-electron chi connectivity index (χ0n) is 12.8. The van der Waals surface area contributed by atoms with Gasteiger partial charge < -0.3 is 5.11 Å². The van der Waals surface area contributed by atoms with Crippen molar-refractivity contribution >= 4 is 23.2 Å². The van der Waals surface area contributed by atoms with Crippen molar-refractivity contribution in [3.05, 3.63) is 51.0 Å². The first-order chi connectivity index (χ1) is 11.0. The summed E-state index contributed by atoms with van der Waals surface area (Å²) in [5, 5.41) is 10.3. The van der Waals surface area contributed by atoms with Gasteiger partial charge in [-0.1, -0.05) is 23.2 Å². The molecule has 1 aromatic carbocycles. The Morgan fingerprint density at radius 2 is 2.00 bits per heavy atom. The van der Waals surface area contributed by atoms with Gasteiger partial charge in [-0.3, -0.25) is 4.90 Å². The molecule has 0 unspecified atom stereocenters. The number of hydrogen-bond acceptors (Lipinski definition) is 4. The number of aromatic hydroxyl groups is 1. The molecule has 0 spiro atoms. The number of aromatic nitrogens is 2. The minimum absolute atomic E-state index is 0.0482. The second-order valence-electron chi connectivity index (χ2n) is 6.35. The van der Waals surface area contributed by atoms with Gasteiger partial charge in [-0.2, -0.15) is 0 Å². The van der Waals surface area contributed by atoms with E-state index < -0.39 is 0 Å². The fourth-order valence-corrected chi connectivity index (χ4v) is 4.37. The Labute approximate surface area is 145 Å². The lowest BCUT2D eigenvalue weighted by molar-refractivity contribution is 0.166. The number of rotatable bonds is 2. The first-order valence-corrected chi connectivity index (χ1v) is 8.53. The minimum atomic E-state index is -0.0482. The van der Waals surface area contributed by atoms with Crippen molar-refractivity contribution in [2.75, 3.05) is 0 Å². The first kappa shape index (κ1) is 15.2. The molecular weight excluding hydrogens is 333 g/mol. The lowest BCUT2D eigenvalue weighted by Crippen LogP contribution is -2.37. The maximum absolute atomic E-state index is 9.72. The van der Waals surface area contributed by atoms with Crippen molar-refractivity contribution in [3.63, 3.8) is 0 Å². The molecule has 1 saturated heterocycles. The Bertz CT molecular complexity index is 757. The fraction of sp³-hybridized carbons (Fsp3) is 0.412. The zero-order chi connectivity index (χ0) is 16.1. The molecular formula is C17H17Cl2N3O. The van der Waals surface area contributed by atoms with Crippen molar-refractivity contribution < 1.29 is 5.11 Å². The maximum Gasteiger partial charge on any atom is 0.152 e. The molecule has 0 radical (unpaired) electrons. The van der Waals surface area contributed by atoms with Crippen molar-refractivity contribution in [2.45, 2.75) is 44.8 Å². The van der Waals surface area contributed by atoms with Crippen LogP contribution >= 0.6 is 23.2 Å². The van der Waals surface area contributed by atoms with Gasteiger partial charge in [0.25, 0.3) is 0 Å². The molecule has 6 heteroatoms. The average molecular weight is 350 g/mol. The van der Waals surface area contributed by atoms with Crippen molar-refractivity contribution in [2.24, 2.45) is 0 Å². The van der Waals surface area contributed by atoms with Gasteiger partial charge in [-0.15, -0.1) is 0 Å². The number of benzene rings is 1. The third-order valence-corrected chi connectivity index (χ3v) is 5.47. The molecule has 0 amide bonds. The van der Waals surface area contributed by atoms with E-state index in [1.165, 1.54) is 17.7 Å². The fourth-order valence-electron chi connectivity index (χ4n) is 3.84. The largest absolute Gasteiger partial charge is 0.505 e. The highest BCUT2D eigenvalue weighted by molar-refractivity contribution is 6.37. The van der Waals surface area contributed by atoms with Crippen LogP contribution in [0, 0.1) is 6.92 Å². The zero-order valence-corrected chi connectivity index (χ0v) is 14.3. The van der Waals surface area contributed by atoms with E-state index >= 15 is 0 Å². The van der Waals surface area contributed by atoms with Crippen LogP contribution in [-0.4, -0.2) is 26.0 Å². The molecule has 120 valence electrons. The van der Waals surface area contributed by atoms with Crippen molar-refractivity contribution in [1.29, 1.82) is 0 Å². The molecule has 2 atom stereocenters. The van der Waals surface area contributed by atoms with Crippen LogP contribution in [0.25, 0.3) is 0 Å². The van der Waals surface area contributed by atoms with Gasteiger partial charge in [0, 0.05) is 36.8 Å². The van der Waals surface area contributed by atoms with Crippen molar-refractivity contribution in [3.8, 4) is 5.75 Å². The van der Waals surface area contributed by atoms with Crippen LogP contribution in [0.4, 0.5) is 0 Å². The highest BCUT2D eigenvalue weighted by atomic mass is 35.5. The van der Waals surface area contributed by atoms with E-state index in [1.807, 2.05) is 13.1 Å². The summed E-state index contributed by atoms with van der Waals surface area (Å²) < 4.78 is 0. The third kappa shape index (κ3) is 2.59. The topological polar surface area (TPSA) is 49.2 Å². The molecule has 4 rings (SSSR count). The summed E-state index contributed by atoms with van der Waals surface area (Å²) in [5.41, 5.74) is 3.47. The summed E-state index contributed by atoms with van der Waals surface area (Å²) in [5.74, 6) is 0.793. The Hall–Kier alpha value is -1.36. The molecule has 3 heterocycles. The second-order valence-corrected chi connectivity index (χ2v) is 7.17. The van der Waals surface area contributed by atoms with Gasteiger partial charge in [-0.05, 0) is 37.5 Å². The highest BCUT2D eigenvalue weighted by Crippen LogP contribution is 2.44.